The molecule has 3 aromatic carbocycles. The van der Waals surface area contributed by atoms with Crippen molar-refractivity contribution in [2.45, 2.75) is 45.1 Å². The average Bonchev–Trinajstić information content (AvgIpc) is 3.24. The van der Waals surface area contributed by atoms with Gasteiger partial charge < -0.3 is 9.67 Å². The number of thiocarbonyl (C=S) groups is 1. The third kappa shape index (κ3) is 5.96. The molecule has 0 fully saturated rings. The van der Waals surface area contributed by atoms with E-state index in [2.05, 4.69) is 83.4 Å². The molecule has 0 saturated heterocycles. The van der Waals surface area contributed by atoms with Crippen molar-refractivity contribution in [3.05, 3.63) is 91.0 Å². The number of aromatic nitrogens is 2. The molecule has 0 aliphatic carbocycles. The van der Waals surface area contributed by atoms with Crippen LogP contribution < -0.4 is 0 Å². The molecule has 0 unspecified atom stereocenters. The molecule has 0 aliphatic heterocycles. The molecule has 33 heavy (non-hydrogen) atoms. The van der Waals surface area contributed by atoms with Gasteiger partial charge in [-0.15, -0.1) is 0 Å². The summed E-state index contributed by atoms with van der Waals surface area (Å²) in [5.74, 6) is 1.01. The van der Waals surface area contributed by atoms with Crippen LogP contribution in [0.25, 0.3) is 33.9 Å². The van der Waals surface area contributed by atoms with Crippen LogP contribution in [0.2, 0.25) is 0 Å². The number of unbranched alkanes of at least 4 members (excludes halogenated alkanes) is 4. The molecule has 0 bridgehead atoms. The van der Waals surface area contributed by atoms with Gasteiger partial charge in [-0.2, -0.15) is 0 Å². The lowest BCUT2D eigenvalue weighted by Crippen LogP contribution is -2.03. The normalized spacial score (nSPS) is 10.9. The number of aliphatic hydroxyl groups excluding tert-OH is 1. The van der Waals surface area contributed by atoms with Crippen molar-refractivity contribution >= 4 is 17.3 Å². The van der Waals surface area contributed by atoms with Crippen LogP contribution in [-0.2, 0) is 6.54 Å². The van der Waals surface area contributed by atoms with E-state index in [0.717, 1.165) is 61.3 Å². The van der Waals surface area contributed by atoms with Crippen molar-refractivity contribution in [1.82, 2.24) is 9.55 Å². The number of rotatable bonds is 11. The number of hydrogen-bond donors (Lipinski definition) is 1. The van der Waals surface area contributed by atoms with Crippen LogP contribution in [0.15, 0.2) is 91.0 Å². The van der Waals surface area contributed by atoms with E-state index in [1.165, 1.54) is 11.3 Å². The topological polar surface area (TPSA) is 38.0 Å². The first-order chi connectivity index (χ1) is 16.2. The average molecular weight is 455 g/mol. The molecule has 4 heteroatoms. The van der Waals surface area contributed by atoms with Crippen molar-refractivity contribution in [3.63, 3.8) is 0 Å². The fourth-order valence-corrected chi connectivity index (χ4v) is 4.38. The highest BCUT2D eigenvalue weighted by molar-refractivity contribution is 7.80. The molecule has 0 radical (unpaired) electrons. The van der Waals surface area contributed by atoms with Gasteiger partial charge in [0.15, 0.2) is 5.05 Å². The van der Waals surface area contributed by atoms with Crippen LogP contribution in [-0.4, -0.2) is 19.7 Å². The molecular formula is C29H30N2OS. The lowest BCUT2D eigenvalue weighted by atomic mass is 10.0. The molecular weight excluding hydrogens is 424 g/mol. The predicted molar refractivity (Wildman–Crippen MR) is 141 cm³/mol. The van der Waals surface area contributed by atoms with Crippen LogP contribution in [0.4, 0.5) is 0 Å². The number of nitrogens with zero attached hydrogens (tertiary/aromatic N) is 2. The third-order valence-electron chi connectivity index (χ3n) is 5.87. The Hall–Kier alpha value is -3.24. The summed E-state index contributed by atoms with van der Waals surface area (Å²) in [6, 6.07) is 31.5. The van der Waals surface area contributed by atoms with Gasteiger partial charge in [0, 0.05) is 29.7 Å². The van der Waals surface area contributed by atoms with Gasteiger partial charge in [0.25, 0.3) is 0 Å². The molecule has 3 nitrogen and oxygen atoms in total. The highest BCUT2D eigenvalue weighted by Gasteiger charge is 2.20. The van der Waals surface area contributed by atoms with E-state index < -0.39 is 0 Å². The second-order valence-corrected chi connectivity index (χ2v) is 8.77. The lowest BCUT2D eigenvalue weighted by molar-refractivity contribution is 0.527. The molecule has 0 saturated carbocycles. The van der Waals surface area contributed by atoms with Gasteiger partial charge in [0.2, 0.25) is 0 Å². The molecule has 168 valence electrons. The van der Waals surface area contributed by atoms with Crippen molar-refractivity contribution in [2.75, 3.05) is 0 Å². The molecule has 0 aliphatic rings. The number of hydrogen-bond acceptors (Lipinski definition) is 2. The largest absolute Gasteiger partial charge is 0.502 e. The van der Waals surface area contributed by atoms with E-state index in [-0.39, 0.29) is 5.05 Å². The van der Waals surface area contributed by atoms with Gasteiger partial charge in [0.05, 0.1) is 11.4 Å². The molecule has 1 heterocycles. The van der Waals surface area contributed by atoms with Gasteiger partial charge >= 0.3 is 0 Å². The van der Waals surface area contributed by atoms with Crippen molar-refractivity contribution in [1.29, 1.82) is 0 Å². The van der Waals surface area contributed by atoms with Crippen molar-refractivity contribution in [2.24, 2.45) is 0 Å². The summed E-state index contributed by atoms with van der Waals surface area (Å²) in [6.45, 7) is 0.909. The van der Waals surface area contributed by atoms with E-state index in [9.17, 15) is 5.11 Å². The zero-order chi connectivity index (χ0) is 22.9. The van der Waals surface area contributed by atoms with Gasteiger partial charge in [-0.3, -0.25) is 0 Å². The Morgan fingerprint density at radius 3 is 1.79 bits per heavy atom. The fourth-order valence-electron chi connectivity index (χ4n) is 4.24. The van der Waals surface area contributed by atoms with Crippen LogP contribution >= 0.6 is 12.2 Å². The quantitative estimate of drug-likeness (QED) is 0.184. The lowest BCUT2D eigenvalue weighted by Gasteiger charge is -2.13. The van der Waals surface area contributed by atoms with Gasteiger partial charge in [-0.25, -0.2) is 4.98 Å². The Balaban J connectivity index is 1.68. The molecule has 4 aromatic rings. The first-order valence-electron chi connectivity index (χ1n) is 11.7. The zero-order valence-electron chi connectivity index (χ0n) is 18.9. The predicted octanol–water partition coefficient (Wildman–Crippen LogP) is 8.11. The van der Waals surface area contributed by atoms with Crippen LogP contribution in [0, 0.1) is 0 Å². The van der Waals surface area contributed by atoms with E-state index >= 15 is 0 Å². The minimum absolute atomic E-state index is 0.127. The molecule has 1 N–H and O–H groups in total. The molecule has 4 rings (SSSR count). The second-order valence-electron chi connectivity index (χ2n) is 8.29. The Morgan fingerprint density at radius 2 is 1.18 bits per heavy atom. The maximum absolute atomic E-state index is 9.20. The summed E-state index contributed by atoms with van der Waals surface area (Å²) in [6.07, 6.45) is 6.05. The number of benzene rings is 3. The minimum atomic E-state index is 0.127. The third-order valence-corrected chi connectivity index (χ3v) is 6.07. The molecule has 0 amide bonds. The molecule has 0 atom stereocenters. The second kappa shape index (κ2) is 11.6. The van der Waals surface area contributed by atoms with Gasteiger partial charge in [-0.1, -0.05) is 110 Å². The van der Waals surface area contributed by atoms with E-state index in [0.29, 0.717) is 6.42 Å². The minimum Gasteiger partial charge on any atom is -0.502 e. The first-order valence-corrected chi connectivity index (χ1v) is 12.1. The number of imidazole rings is 1. The Labute approximate surface area is 201 Å². The first kappa shape index (κ1) is 22.9. The summed E-state index contributed by atoms with van der Waals surface area (Å²) >= 11 is 4.77. The Bertz CT molecular complexity index is 1150. The maximum atomic E-state index is 9.20. The van der Waals surface area contributed by atoms with E-state index in [4.69, 9.17) is 17.2 Å². The van der Waals surface area contributed by atoms with Crippen LogP contribution in [0.5, 0.6) is 0 Å². The SMILES string of the molecule is OC(=S)CCCCCCCn1c(-c2ccccc2)nc(-c2ccccc2)c1-c1ccccc1. The summed E-state index contributed by atoms with van der Waals surface area (Å²) in [7, 11) is 0. The highest BCUT2D eigenvalue weighted by Crippen LogP contribution is 2.36. The summed E-state index contributed by atoms with van der Waals surface area (Å²) in [5.41, 5.74) is 5.64. The van der Waals surface area contributed by atoms with E-state index in [1.807, 2.05) is 12.1 Å². The molecule has 0 spiro atoms. The number of aliphatic hydroxyl groups is 1. The van der Waals surface area contributed by atoms with Gasteiger partial charge in [-0.05, 0) is 25.1 Å². The van der Waals surface area contributed by atoms with Crippen molar-refractivity contribution in [3.8, 4) is 33.9 Å². The van der Waals surface area contributed by atoms with E-state index in [1.54, 1.807) is 0 Å². The summed E-state index contributed by atoms with van der Waals surface area (Å²) in [4.78, 5) is 5.20. The van der Waals surface area contributed by atoms with Crippen molar-refractivity contribution < 1.29 is 5.11 Å². The smallest absolute Gasteiger partial charge is 0.156 e. The zero-order valence-corrected chi connectivity index (χ0v) is 19.7. The summed E-state index contributed by atoms with van der Waals surface area (Å²) in [5, 5.41) is 9.33. The standard InChI is InChI=1S/C29H30N2OS/c32-26(33)21-13-2-1-3-14-22-31-28(24-17-9-5-10-18-24)27(23-15-7-4-8-16-23)30-29(31)25-19-11-6-12-20-25/h4-12,15-20H,1-3,13-14,21-22H2,(H,32,33). The Kier molecular flexibility index (Phi) is 8.04. The maximum Gasteiger partial charge on any atom is 0.156 e. The fraction of sp³-hybridized carbons (Fsp3) is 0.241. The van der Waals surface area contributed by atoms with Gasteiger partial charge in [0.1, 0.15) is 5.82 Å². The highest BCUT2D eigenvalue weighted by atomic mass is 32.1. The van der Waals surface area contributed by atoms with Crippen LogP contribution in [0.3, 0.4) is 0 Å². The Morgan fingerprint density at radius 1 is 0.667 bits per heavy atom. The summed E-state index contributed by atoms with van der Waals surface area (Å²) < 4.78 is 2.40. The van der Waals surface area contributed by atoms with Crippen LogP contribution in [0.1, 0.15) is 38.5 Å². The molecule has 1 aromatic heterocycles. The monoisotopic (exact) mass is 454 g/mol.